The zero-order valence-electron chi connectivity index (χ0n) is 10.5. The fourth-order valence-electron chi connectivity index (χ4n) is 1.84. The van der Waals surface area contributed by atoms with Crippen LogP contribution in [0, 0.1) is 11.3 Å². The van der Waals surface area contributed by atoms with E-state index in [1.807, 2.05) is 25.4 Å². The van der Waals surface area contributed by atoms with E-state index in [2.05, 4.69) is 16.2 Å². The summed E-state index contributed by atoms with van der Waals surface area (Å²) in [5.74, 6) is 0. The molecule has 2 aromatic heterocycles. The maximum Gasteiger partial charge on any atom is 0.135 e. The van der Waals surface area contributed by atoms with Crippen molar-refractivity contribution in [3.63, 3.8) is 0 Å². The van der Waals surface area contributed by atoms with Crippen molar-refractivity contribution < 1.29 is 0 Å². The normalized spacial score (nSPS) is 11.8. The number of rotatable bonds is 2. The number of thiazole rings is 1. The number of benzene rings is 1. The van der Waals surface area contributed by atoms with Gasteiger partial charge in [-0.05, 0) is 24.3 Å². The number of nitriles is 1. The number of nitrogens with zero attached hydrogens (tertiary/aromatic N) is 4. The Kier molecular flexibility index (Phi) is 3.26. The molecular formula is C14H9ClN4S. The Morgan fingerprint density at radius 2 is 2.35 bits per heavy atom. The average molecular weight is 301 g/mol. The van der Waals surface area contributed by atoms with Crippen LogP contribution in [0.3, 0.4) is 0 Å². The summed E-state index contributed by atoms with van der Waals surface area (Å²) >= 11 is 7.42. The van der Waals surface area contributed by atoms with Gasteiger partial charge < -0.3 is 0 Å². The number of fused-ring (bicyclic) bond motifs is 1. The van der Waals surface area contributed by atoms with E-state index in [0.717, 1.165) is 15.8 Å². The largest absolute Gasteiger partial charge is 0.275 e. The molecule has 0 aliphatic rings. The summed E-state index contributed by atoms with van der Waals surface area (Å²) in [5, 5.41) is 14.7. The van der Waals surface area contributed by atoms with E-state index in [9.17, 15) is 5.26 Å². The molecule has 1 aromatic carbocycles. The molecule has 3 aromatic rings. The molecule has 0 spiro atoms. The summed E-state index contributed by atoms with van der Waals surface area (Å²) in [7, 11) is 1.84. The van der Waals surface area contributed by atoms with Crippen LogP contribution in [0.2, 0.25) is 5.02 Å². The van der Waals surface area contributed by atoms with Gasteiger partial charge in [0, 0.05) is 23.8 Å². The van der Waals surface area contributed by atoms with Gasteiger partial charge in [0.2, 0.25) is 0 Å². The lowest BCUT2D eigenvalue weighted by atomic mass is 10.2. The second kappa shape index (κ2) is 5.08. The van der Waals surface area contributed by atoms with Gasteiger partial charge in [0.25, 0.3) is 0 Å². The van der Waals surface area contributed by atoms with Crippen molar-refractivity contribution in [2.75, 3.05) is 0 Å². The van der Waals surface area contributed by atoms with Crippen LogP contribution < -0.4 is 0 Å². The lowest BCUT2D eigenvalue weighted by Crippen LogP contribution is -1.84. The van der Waals surface area contributed by atoms with Crippen LogP contribution in [0.1, 0.15) is 10.6 Å². The van der Waals surface area contributed by atoms with Gasteiger partial charge in [0.05, 0.1) is 22.0 Å². The molecule has 0 amide bonds. The Bertz CT molecular complexity index is 854. The van der Waals surface area contributed by atoms with Crippen LogP contribution in [0.25, 0.3) is 21.9 Å². The minimum atomic E-state index is 0.523. The van der Waals surface area contributed by atoms with Crippen molar-refractivity contribution in [2.45, 2.75) is 0 Å². The third-order valence-electron chi connectivity index (χ3n) is 2.74. The Morgan fingerprint density at radius 1 is 1.50 bits per heavy atom. The highest BCUT2D eigenvalue weighted by Gasteiger charge is 2.09. The Hall–Kier alpha value is -2.16. The number of aromatic nitrogens is 3. The van der Waals surface area contributed by atoms with Crippen LogP contribution in [0.5, 0.6) is 0 Å². The van der Waals surface area contributed by atoms with E-state index in [0.29, 0.717) is 15.6 Å². The molecule has 3 rings (SSSR count). The number of hydrogen-bond donors (Lipinski definition) is 0. The van der Waals surface area contributed by atoms with E-state index >= 15 is 0 Å². The maximum absolute atomic E-state index is 9.32. The summed E-state index contributed by atoms with van der Waals surface area (Å²) < 4.78 is 2.70. The first-order valence-corrected chi connectivity index (χ1v) is 7.02. The van der Waals surface area contributed by atoms with E-state index in [1.54, 1.807) is 23.0 Å². The molecule has 98 valence electrons. The first kappa shape index (κ1) is 12.9. The standard InChI is InChI=1S/C14H9ClN4S/c1-19-8-9(7-17-19)4-10(6-16)14-18-12-5-11(15)2-3-13(12)20-14/h2-5,7-8H,1H3. The molecule has 20 heavy (non-hydrogen) atoms. The fraction of sp³-hybridized carbons (Fsp3) is 0.0714. The highest BCUT2D eigenvalue weighted by molar-refractivity contribution is 7.19. The van der Waals surface area contributed by atoms with E-state index < -0.39 is 0 Å². The minimum absolute atomic E-state index is 0.523. The van der Waals surface area contributed by atoms with Gasteiger partial charge in [-0.25, -0.2) is 4.98 Å². The highest BCUT2D eigenvalue weighted by Crippen LogP contribution is 2.29. The van der Waals surface area contributed by atoms with Crippen LogP contribution in [0.4, 0.5) is 0 Å². The lowest BCUT2D eigenvalue weighted by Gasteiger charge is -1.90. The molecular weight excluding hydrogens is 292 g/mol. The second-order valence-corrected chi connectivity index (χ2v) is 5.72. The monoisotopic (exact) mass is 300 g/mol. The molecule has 4 nitrogen and oxygen atoms in total. The van der Waals surface area contributed by atoms with E-state index in [-0.39, 0.29) is 0 Å². The van der Waals surface area contributed by atoms with Gasteiger partial charge in [-0.2, -0.15) is 10.4 Å². The molecule has 6 heteroatoms. The molecule has 0 aliphatic carbocycles. The number of aryl methyl sites for hydroxylation is 1. The first-order valence-electron chi connectivity index (χ1n) is 5.82. The van der Waals surface area contributed by atoms with E-state index in [4.69, 9.17) is 11.6 Å². The third kappa shape index (κ3) is 2.44. The summed E-state index contributed by atoms with van der Waals surface area (Å²) in [6, 6.07) is 7.73. The zero-order chi connectivity index (χ0) is 14.1. The van der Waals surface area contributed by atoms with E-state index in [1.165, 1.54) is 11.3 Å². The van der Waals surface area contributed by atoms with Gasteiger partial charge in [-0.1, -0.05) is 11.6 Å². The van der Waals surface area contributed by atoms with Crippen molar-refractivity contribution in [1.82, 2.24) is 14.8 Å². The van der Waals surface area contributed by atoms with Crippen molar-refractivity contribution >= 4 is 44.8 Å². The number of halogens is 1. The van der Waals surface area contributed by atoms with Gasteiger partial charge in [0.15, 0.2) is 0 Å². The van der Waals surface area contributed by atoms with Crippen molar-refractivity contribution in [1.29, 1.82) is 5.26 Å². The fourth-order valence-corrected chi connectivity index (χ4v) is 2.92. The average Bonchev–Trinajstić information content (AvgIpc) is 3.01. The van der Waals surface area contributed by atoms with Gasteiger partial charge in [-0.3, -0.25) is 4.68 Å². The molecule has 2 heterocycles. The Balaban J connectivity index is 2.07. The first-order chi connectivity index (χ1) is 9.65. The Labute approximate surface area is 124 Å². The second-order valence-electron chi connectivity index (χ2n) is 4.25. The number of hydrogen-bond acceptors (Lipinski definition) is 4. The highest BCUT2D eigenvalue weighted by atomic mass is 35.5. The van der Waals surface area contributed by atoms with Crippen molar-refractivity contribution in [3.05, 3.63) is 46.2 Å². The number of allylic oxidation sites excluding steroid dienone is 1. The molecule has 0 saturated carbocycles. The molecule has 0 radical (unpaired) electrons. The van der Waals surface area contributed by atoms with Crippen LogP contribution in [0.15, 0.2) is 30.6 Å². The summed E-state index contributed by atoms with van der Waals surface area (Å²) in [5.41, 5.74) is 2.21. The molecule has 0 fully saturated rings. The molecule has 0 N–H and O–H groups in total. The van der Waals surface area contributed by atoms with Gasteiger partial charge in [-0.15, -0.1) is 11.3 Å². The quantitative estimate of drug-likeness (QED) is 0.677. The molecule has 0 unspecified atom stereocenters. The topological polar surface area (TPSA) is 54.5 Å². The predicted molar refractivity (Wildman–Crippen MR) is 81.3 cm³/mol. The molecule has 0 bridgehead atoms. The van der Waals surface area contributed by atoms with Crippen LogP contribution in [-0.4, -0.2) is 14.8 Å². The Morgan fingerprint density at radius 3 is 3.05 bits per heavy atom. The summed E-state index contributed by atoms with van der Waals surface area (Å²) in [6.07, 6.45) is 5.34. The van der Waals surface area contributed by atoms with Crippen LogP contribution in [-0.2, 0) is 7.05 Å². The maximum atomic E-state index is 9.32. The third-order valence-corrected chi connectivity index (χ3v) is 4.04. The SMILES string of the molecule is Cn1cc(C=C(C#N)c2nc3cc(Cl)ccc3s2)cn1. The van der Waals surface area contributed by atoms with Gasteiger partial charge in [0.1, 0.15) is 11.1 Å². The predicted octanol–water partition coefficient (Wildman–Crippen LogP) is 3.75. The minimum Gasteiger partial charge on any atom is -0.275 e. The summed E-state index contributed by atoms with van der Waals surface area (Å²) in [6.45, 7) is 0. The smallest absolute Gasteiger partial charge is 0.135 e. The van der Waals surface area contributed by atoms with Crippen molar-refractivity contribution in [2.24, 2.45) is 7.05 Å². The molecule has 0 saturated heterocycles. The summed E-state index contributed by atoms with van der Waals surface area (Å²) in [4.78, 5) is 4.46. The molecule has 0 atom stereocenters. The van der Waals surface area contributed by atoms with Crippen molar-refractivity contribution in [3.8, 4) is 6.07 Å². The zero-order valence-corrected chi connectivity index (χ0v) is 12.1. The van der Waals surface area contributed by atoms with Crippen LogP contribution >= 0.6 is 22.9 Å². The lowest BCUT2D eigenvalue weighted by molar-refractivity contribution is 0.767. The van der Waals surface area contributed by atoms with Gasteiger partial charge >= 0.3 is 0 Å². The molecule has 0 aliphatic heterocycles.